The molecule has 5 nitrogen and oxygen atoms in total. The molecule has 1 rings (SSSR count). The fourth-order valence-electron chi connectivity index (χ4n) is 0.877. The number of nitrogens with zero attached hydrogens (tertiary/aromatic N) is 2. The molecule has 1 N–H and O–H groups in total. The van der Waals surface area contributed by atoms with Crippen molar-refractivity contribution >= 4 is 17.3 Å². The van der Waals surface area contributed by atoms with Gasteiger partial charge in [0.05, 0.1) is 6.07 Å². The third kappa shape index (κ3) is 2.17. The second kappa shape index (κ2) is 3.54. The van der Waals surface area contributed by atoms with Gasteiger partial charge in [-0.3, -0.25) is 4.79 Å². The van der Waals surface area contributed by atoms with Crippen LogP contribution in [-0.2, 0) is 4.79 Å². The second-order valence-corrected chi connectivity index (χ2v) is 2.46. The van der Waals surface area contributed by atoms with E-state index in [4.69, 9.17) is 5.39 Å². The van der Waals surface area contributed by atoms with E-state index in [0.29, 0.717) is 5.69 Å². The monoisotopic (exact) mass is 177 g/mol. The summed E-state index contributed by atoms with van der Waals surface area (Å²) in [6.07, 6.45) is 0. The molecule has 0 saturated heterocycles. The predicted octanol–water partition coefficient (Wildman–Crippen LogP) is 1.20. The maximum Gasteiger partial charge on any atom is 0.379 e. The van der Waals surface area contributed by atoms with E-state index in [9.17, 15) is 9.90 Å². The van der Waals surface area contributed by atoms with Gasteiger partial charge in [-0.05, 0) is 11.8 Å². The number of hydrogen-bond acceptors (Lipinski definition) is 3. The van der Waals surface area contributed by atoms with Crippen LogP contribution in [0.5, 0.6) is 5.75 Å². The van der Waals surface area contributed by atoms with Crippen molar-refractivity contribution < 1.29 is 9.90 Å². The quantitative estimate of drug-likeness (QED) is 0.654. The number of nitrogens with one attached hydrogen (secondary N) is 1. The van der Waals surface area contributed by atoms with Gasteiger partial charge in [-0.25, -0.2) is 0 Å². The number of anilines is 1. The van der Waals surface area contributed by atoms with E-state index in [-0.39, 0.29) is 11.6 Å². The van der Waals surface area contributed by atoms with Crippen LogP contribution in [0, 0.1) is 5.39 Å². The number of amides is 1. The number of diazo groups is 1. The van der Waals surface area contributed by atoms with Gasteiger partial charge in [0.2, 0.25) is 11.3 Å². The van der Waals surface area contributed by atoms with Crippen LogP contribution in [0.2, 0.25) is 0 Å². The molecule has 5 heteroatoms. The Balaban J connectivity index is 3.01. The predicted molar refractivity (Wildman–Crippen MR) is 44.9 cm³/mol. The van der Waals surface area contributed by atoms with Crippen LogP contribution in [0.4, 0.5) is 11.4 Å². The Morgan fingerprint density at radius 3 is 2.85 bits per heavy atom. The Labute approximate surface area is 74.6 Å². The van der Waals surface area contributed by atoms with Gasteiger partial charge in [0.1, 0.15) is 0 Å². The van der Waals surface area contributed by atoms with Crippen LogP contribution in [0.15, 0.2) is 18.2 Å². The lowest BCUT2D eigenvalue weighted by Gasteiger charge is -2.03. The zero-order chi connectivity index (χ0) is 9.84. The number of benzene rings is 1. The Bertz CT molecular complexity index is 381. The third-order valence-corrected chi connectivity index (χ3v) is 1.39. The van der Waals surface area contributed by atoms with E-state index in [1.54, 1.807) is 0 Å². The van der Waals surface area contributed by atoms with Crippen molar-refractivity contribution in [3.05, 3.63) is 23.2 Å². The number of rotatable bonds is 1. The van der Waals surface area contributed by atoms with Crippen molar-refractivity contribution in [2.75, 3.05) is 5.32 Å². The van der Waals surface area contributed by atoms with Crippen LogP contribution >= 0.6 is 0 Å². The summed E-state index contributed by atoms with van der Waals surface area (Å²) in [4.78, 5) is 13.4. The molecule has 13 heavy (non-hydrogen) atoms. The highest BCUT2D eigenvalue weighted by molar-refractivity contribution is 5.89. The molecule has 1 amide bonds. The minimum atomic E-state index is -0.392. The molecular formula is C8H7N3O2. The van der Waals surface area contributed by atoms with E-state index in [1.807, 2.05) is 0 Å². The topological polar surface area (TPSA) is 80.3 Å². The lowest BCUT2D eigenvalue weighted by Crippen LogP contribution is -2.05. The van der Waals surface area contributed by atoms with E-state index in [0.717, 1.165) is 0 Å². The maximum absolute atomic E-state index is 10.9. The highest BCUT2D eigenvalue weighted by atomic mass is 16.3. The van der Waals surface area contributed by atoms with Crippen molar-refractivity contribution in [3.63, 3.8) is 0 Å². The van der Waals surface area contributed by atoms with Gasteiger partial charge in [0.15, 0.2) is 4.98 Å². The summed E-state index contributed by atoms with van der Waals surface area (Å²) < 4.78 is 0. The van der Waals surface area contributed by atoms with Crippen LogP contribution in [0.1, 0.15) is 6.92 Å². The van der Waals surface area contributed by atoms with Gasteiger partial charge in [0.25, 0.3) is 0 Å². The molecule has 66 valence electrons. The molecule has 0 spiro atoms. The minimum Gasteiger partial charge on any atom is -0.867 e. The molecule has 0 unspecified atom stereocenters. The first-order valence-electron chi connectivity index (χ1n) is 3.57. The molecular weight excluding hydrogens is 170 g/mol. The fourth-order valence-corrected chi connectivity index (χ4v) is 0.877. The maximum atomic E-state index is 10.9. The van der Waals surface area contributed by atoms with Crippen LogP contribution < -0.4 is 10.4 Å². The van der Waals surface area contributed by atoms with Gasteiger partial charge >= 0.3 is 5.69 Å². The van der Waals surface area contributed by atoms with Crippen LogP contribution in [0.3, 0.4) is 0 Å². The molecule has 0 saturated carbocycles. The zero-order valence-electron chi connectivity index (χ0n) is 6.94. The van der Waals surface area contributed by atoms with Gasteiger partial charge in [0, 0.05) is 12.6 Å². The first-order valence-corrected chi connectivity index (χ1v) is 3.57. The molecule has 1 aromatic rings. The Morgan fingerprint density at radius 2 is 2.31 bits per heavy atom. The molecule has 0 heterocycles. The van der Waals surface area contributed by atoms with Gasteiger partial charge < -0.3 is 10.4 Å². The van der Waals surface area contributed by atoms with E-state index >= 15 is 0 Å². The molecule has 0 aliphatic carbocycles. The van der Waals surface area contributed by atoms with Crippen molar-refractivity contribution in [2.24, 2.45) is 0 Å². The summed E-state index contributed by atoms with van der Waals surface area (Å²) >= 11 is 0. The summed E-state index contributed by atoms with van der Waals surface area (Å²) in [7, 11) is 0. The van der Waals surface area contributed by atoms with Gasteiger partial charge in [-0.2, -0.15) is 0 Å². The highest BCUT2D eigenvalue weighted by Crippen LogP contribution is 2.26. The first-order chi connectivity index (χ1) is 6.13. The summed E-state index contributed by atoms with van der Waals surface area (Å²) in [5, 5.41) is 21.8. The summed E-state index contributed by atoms with van der Waals surface area (Å²) in [6, 6.07) is 3.96. The molecule has 0 aromatic heterocycles. The number of carbonyl (C=O) groups is 1. The zero-order valence-corrected chi connectivity index (χ0v) is 6.94. The molecule has 0 bridgehead atoms. The smallest absolute Gasteiger partial charge is 0.379 e. The largest absolute Gasteiger partial charge is 0.867 e. The SMILES string of the molecule is CC(=O)Nc1ccc([O-])c([N+]#N)c1. The Morgan fingerprint density at radius 1 is 1.62 bits per heavy atom. The Hall–Kier alpha value is -2.09. The van der Waals surface area contributed by atoms with Crippen LogP contribution in [-0.4, -0.2) is 5.91 Å². The molecule has 1 aromatic carbocycles. The summed E-state index contributed by atoms with van der Waals surface area (Å²) in [6.45, 7) is 1.35. The summed E-state index contributed by atoms with van der Waals surface area (Å²) in [5.41, 5.74) is 0.339. The van der Waals surface area contributed by atoms with Crippen molar-refractivity contribution in [1.29, 1.82) is 5.39 Å². The lowest BCUT2D eigenvalue weighted by atomic mass is 10.2. The van der Waals surface area contributed by atoms with Gasteiger partial charge in [-0.1, -0.05) is 6.07 Å². The standard InChI is InChI=1S/C8H7N3O2/c1-5(12)10-6-2-3-8(13)7(4-6)11-9/h2-4,9H,1H3. The van der Waals surface area contributed by atoms with Crippen molar-refractivity contribution in [3.8, 4) is 5.75 Å². The third-order valence-electron chi connectivity index (χ3n) is 1.39. The molecule has 0 aliphatic heterocycles. The first kappa shape index (κ1) is 9.00. The lowest BCUT2D eigenvalue weighted by molar-refractivity contribution is -0.266. The molecule has 0 aliphatic rings. The fraction of sp³-hybridized carbons (Fsp3) is 0.125. The van der Waals surface area contributed by atoms with E-state index in [2.05, 4.69) is 10.3 Å². The molecule has 0 fully saturated rings. The summed E-state index contributed by atoms with van der Waals surface area (Å²) in [5.74, 6) is -0.640. The molecule has 0 radical (unpaired) electrons. The van der Waals surface area contributed by atoms with Gasteiger partial charge in [-0.15, -0.1) is 0 Å². The number of hydrogen-bond donors (Lipinski definition) is 1. The average Bonchev–Trinajstić information content (AvgIpc) is 2.07. The van der Waals surface area contributed by atoms with E-state index in [1.165, 1.54) is 25.1 Å². The normalized spacial score (nSPS) is 8.92. The highest BCUT2D eigenvalue weighted by Gasteiger charge is 2.07. The van der Waals surface area contributed by atoms with Crippen LogP contribution in [0.25, 0.3) is 4.98 Å². The average molecular weight is 177 g/mol. The minimum absolute atomic E-state index is 0.0914. The van der Waals surface area contributed by atoms with E-state index < -0.39 is 5.75 Å². The Kier molecular flexibility index (Phi) is 2.45. The second-order valence-electron chi connectivity index (χ2n) is 2.46. The van der Waals surface area contributed by atoms with Crippen molar-refractivity contribution in [2.45, 2.75) is 6.92 Å². The van der Waals surface area contributed by atoms with Crippen molar-refractivity contribution in [1.82, 2.24) is 0 Å². The molecule has 0 atom stereocenters. The number of carbonyl (C=O) groups excluding carboxylic acids is 1.